The first kappa shape index (κ1) is 37.6. The van der Waals surface area contributed by atoms with Crippen molar-refractivity contribution in [2.24, 2.45) is 17.7 Å². The second-order valence-corrected chi connectivity index (χ2v) is 12.2. The van der Waals surface area contributed by atoms with Crippen LogP contribution in [0.5, 0.6) is 0 Å². The van der Waals surface area contributed by atoms with Gasteiger partial charge in [-0.05, 0) is 59.8 Å². The van der Waals surface area contributed by atoms with E-state index in [0.717, 1.165) is 0 Å². The van der Waals surface area contributed by atoms with Crippen molar-refractivity contribution in [3.05, 3.63) is 0 Å². The zero-order valence-corrected chi connectivity index (χ0v) is 26.1. The van der Waals surface area contributed by atoms with Crippen molar-refractivity contribution < 1.29 is 38.2 Å². The molecule has 0 aromatic heterocycles. The smallest absolute Gasteiger partial charge is 0.408 e. The molecule has 0 bridgehead atoms. The van der Waals surface area contributed by atoms with Crippen LogP contribution in [-0.4, -0.2) is 71.6 Å². The number of alkyl carbamates (subject to hydrolysis) is 1. The molecule has 0 saturated carbocycles. The maximum atomic E-state index is 13.3. The van der Waals surface area contributed by atoms with E-state index >= 15 is 0 Å². The highest BCUT2D eigenvalue weighted by molar-refractivity contribution is 5.95. The highest BCUT2D eigenvalue weighted by Gasteiger charge is 2.33. The predicted molar refractivity (Wildman–Crippen MR) is 152 cm³/mol. The molecule has 4 unspecified atom stereocenters. The number of amides is 5. The third-order valence-electron chi connectivity index (χ3n) is 5.68. The number of hydrogen-bond donors (Lipinski definition) is 6. The fraction of sp³-hybridized carbons (Fsp3) is 0.778. The number of nitrogens with one attached hydrogen (secondary N) is 5. The van der Waals surface area contributed by atoms with E-state index in [-0.39, 0.29) is 18.8 Å². The fourth-order valence-corrected chi connectivity index (χ4v) is 3.46. The summed E-state index contributed by atoms with van der Waals surface area (Å²) in [6.07, 6.45) is -0.497. The van der Waals surface area contributed by atoms with Gasteiger partial charge < -0.3 is 30.7 Å². The minimum Gasteiger partial charge on any atom is -0.460 e. The van der Waals surface area contributed by atoms with E-state index in [1.54, 1.807) is 62.3 Å². The van der Waals surface area contributed by atoms with E-state index in [9.17, 15) is 28.8 Å². The molecule has 0 aliphatic rings. The molecule has 0 saturated heterocycles. The van der Waals surface area contributed by atoms with Crippen LogP contribution < -0.4 is 32.5 Å². The van der Waals surface area contributed by atoms with Gasteiger partial charge in [-0.2, -0.15) is 0 Å². The van der Waals surface area contributed by atoms with Crippen molar-refractivity contribution in [2.45, 2.75) is 118 Å². The molecule has 0 aromatic rings. The van der Waals surface area contributed by atoms with Crippen molar-refractivity contribution in [3.8, 4) is 0 Å². The van der Waals surface area contributed by atoms with Gasteiger partial charge >= 0.3 is 12.1 Å². The predicted octanol–water partition coefficient (Wildman–Crippen LogP) is 0.779. The summed E-state index contributed by atoms with van der Waals surface area (Å²) in [7, 11) is 0. The second-order valence-electron chi connectivity index (χ2n) is 12.2. The first-order chi connectivity index (χ1) is 18.7. The van der Waals surface area contributed by atoms with Gasteiger partial charge in [-0.1, -0.05) is 34.1 Å². The van der Waals surface area contributed by atoms with Crippen LogP contribution in [0.25, 0.3) is 0 Å². The lowest BCUT2D eigenvalue weighted by atomic mass is 9.96. The molecule has 7 N–H and O–H groups in total. The summed E-state index contributed by atoms with van der Waals surface area (Å²) in [5, 5.41) is 10.1. The van der Waals surface area contributed by atoms with Crippen LogP contribution in [0.15, 0.2) is 0 Å². The Balaban J connectivity index is 5.49. The van der Waals surface area contributed by atoms with Crippen LogP contribution in [-0.2, 0) is 33.4 Å². The Bertz CT molecular complexity index is 926. The first-order valence-electron chi connectivity index (χ1n) is 13.8. The van der Waals surface area contributed by atoms with Gasteiger partial charge in [-0.3, -0.25) is 29.4 Å². The molecule has 0 fully saturated rings. The Kier molecular flexibility index (Phi) is 15.4. The van der Waals surface area contributed by atoms with Gasteiger partial charge in [0.2, 0.25) is 17.7 Å². The van der Waals surface area contributed by atoms with Gasteiger partial charge in [0.05, 0.1) is 0 Å². The Labute approximate surface area is 242 Å². The lowest BCUT2D eigenvalue weighted by Gasteiger charge is -2.29. The number of carbonyl (C=O) groups is 6. The topological polar surface area (TPSA) is 207 Å². The Morgan fingerprint density at radius 1 is 0.756 bits per heavy atom. The van der Waals surface area contributed by atoms with Crippen LogP contribution in [0, 0.1) is 11.8 Å². The van der Waals surface area contributed by atoms with E-state index in [1.807, 2.05) is 12.3 Å². The number of carbonyl (C=O) groups excluding carboxylic acids is 6. The molecule has 5 amide bonds. The maximum Gasteiger partial charge on any atom is 0.408 e. The molecule has 0 spiro atoms. The summed E-state index contributed by atoms with van der Waals surface area (Å²) < 4.78 is 10.4. The molecule has 0 rings (SSSR count). The van der Waals surface area contributed by atoms with Crippen molar-refractivity contribution >= 4 is 35.7 Å². The Morgan fingerprint density at radius 2 is 1.29 bits per heavy atom. The molecule has 236 valence electrons. The molecule has 14 heteroatoms. The van der Waals surface area contributed by atoms with Gasteiger partial charge in [0.25, 0.3) is 5.91 Å². The molecule has 41 heavy (non-hydrogen) atoms. The standard InChI is InChI=1S/C27H50N6O8/c1-11-16(4)21(31-18(34)14-29-25(39)41-27(8,9)10)24(38)32-20(15(2)3)23(37)30-17(22(36)33-28)12-13-19(35)40-26(5,6)7/h15-17,20-21H,11-14,28H2,1-10H3,(H,29,39)(H,30,37)(H,31,34)(H,32,38)(H,33,36). The lowest BCUT2D eigenvalue weighted by Crippen LogP contribution is -2.60. The summed E-state index contributed by atoms with van der Waals surface area (Å²) in [5.41, 5.74) is 0.506. The van der Waals surface area contributed by atoms with E-state index in [0.29, 0.717) is 6.42 Å². The van der Waals surface area contributed by atoms with Crippen molar-refractivity contribution in [3.63, 3.8) is 0 Å². The lowest BCUT2D eigenvalue weighted by molar-refractivity contribution is -0.155. The van der Waals surface area contributed by atoms with E-state index < -0.39 is 77.5 Å². The molecule has 0 radical (unpaired) electrons. The molecule has 0 heterocycles. The SMILES string of the molecule is CCC(C)C(NC(=O)CNC(=O)OC(C)(C)C)C(=O)NC(C(=O)NC(CCC(=O)OC(C)(C)C)C(=O)NN)C(C)C. The number of hydrogen-bond acceptors (Lipinski definition) is 9. The monoisotopic (exact) mass is 586 g/mol. The summed E-state index contributed by atoms with van der Waals surface area (Å²) in [5.74, 6) is 1.35. The van der Waals surface area contributed by atoms with Crippen molar-refractivity contribution in [2.75, 3.05) is 6.54 Å². The normalized spacial score (nSPS) is 14.5. The zero-order chi connectivity index (χ0) is 32.1. The second kappa shape index (κ2) is 16.7. The number of ether oxygens (including phenoxy) is 2. The van der Waals surface area contributed by atoms with Crippen molar-refractivity contribution in [1.29, 1.82) is 0 Å². The third-order valence-corrected chi connectivity index (χ3v) is 5.68. The molecule has 0 aromatic carbocycles. The number of hydrazine groups is 1. The molecular weight excluding hydrogens is 536 g/mol. The number of rotatable bonds is 14. The minimum absolute atomic E-state index is 0.0847. The molecule has 0 aliphatic carbocycles. The molecule has 14 nitrogen and oxygen atoms in total. The molecule has 4 atom stereocenters. The molecule has 0 aliphatic heterocycles. The summed E-state index contributed by atoms with van der Waals surface area (Å²) in [4.78, 5) is 75.3. The highest BCUT2D eigenvalue weighted by Crippen LogP contribution is 2.13. The summed E-state index contributed by atoms with van der Waals surface area (Å²) in [6, 6.07) is -3.26. The first-order valence-corrected chi connectivity index (χ1v) is 13.8. The van der Waals surface area contributed by atoms with E-state index in [1.165, 1.54) is 0 Å². The Morgan fingerprint density at radius 3 is 1.76 bits per heavy atom. The number of esters is 1. The van der Waals surface area contributed by atoms with E-state index in [2.05, 4.69) is 21.3 Å². The van der Waals surface area contributed by atoms with Crippen LogP contribution in [0.1, 0.15) is 88.5 Å². The Hall–Kier alpha value is -3.42. The minimum atomic E-state index is -1.16. The van der Waals surface area contributed by atoms with Gasteiger partial charge in [-0.15, -0.1) is 0 Å². The average Bonchev–Trinajstić information content (AvgIpc) is 2.83. The highest BCUT2D eigenvalue weighted by atomic mass is 16.6. The number of nitrogens with two attached hydrogens (primary N) is 1. The van der Waals surface area contributed by atoms with Crippen molar-refractivity contribution in [1.82, 2.24) is 26.7 Å². The van der Waals surface area contributed by atoms with Gasteiger partial charge in [-0.25, -0.2) is 10.6 Å². The average molecular weight is 587 g/mol. The van der Waals surface area contributed by atoms with Crippen LogP contribution in [0.2, 0.25) is 0 Å². The van der Waals surface area contributed by atoms with Gasteiger partial charge in [0.15, 0.2) is 0 Å². The quantitative estimate of drug-likeness (QED) is 0.0734. The summed E-state index contributed by atoms with van der Waals surface area (Å²) in [6.45, 7) is 16.7. The van der Waals surface area contributed by atoms with Gasteiger partial charge in [0, 0.05) is 6.42 Å². The van der Waals surface area contributed by atoms with Crippen LogP contribution in [0.4, 0.5) is 4.79 Å². The third kappa shape index (κ3) is 15.8. The zero-order valence-electron chi connectivity index (χ0n) is 26.1. The van der Waals surface area contributed by atoms with Crippen LogP contribution >= 0.6 is 0 Å². The largest absolute Gasteiger partial charge is 0.460 e. The van der Waals surface area contributed by atoms with Gasteiger partial charge in [0.1, 0.15) is 35.9 Å². The maximum absolute atomic E-state index is 13.3. The summed E-state index contributed by atoms with van der Waals surface area (Å²) >= 11 is 0. The molecular formula is C27H50N6O8. The van der Waals surface area contributed by atoms with Crippen LogP contribution in [0.3, 0.4) is 0 Å². The fourth-order valence-electron chi connectivity index (χ4n) is 3.46. The van der Waals surface area contributed by atoms with E-state index in [4.69, 9.17) is 15.3 Å².